The highest BCUT2D eigenvalue weighted by atomic mass is 35.5. The Morgan fingerprint density at radius 3 is 2.74 bits per heavy atom. The number of nitrogens with two attached hydrogens (primary N) is 1. The lowest BCUT2D eigenvalue weighted by atomic mass is 10.0. The Bertz CT molecular complexity index is 1040. The van der Waals surface area contributed by atoms with E-state index in [2.05, 4.69) is 31.1 Å². The molecule has 12 heteroatoms. The van der Waals surface area contributed by atoms with Gasteiger partial charge in [0.1, 0.15) is 23.0 Å². The molecule has 2 aromatic heterocycles. The number of halogens is 3. The zero-order valence-electron chi connectivity index (χ0n) is 16.9. The largest absolute Gasteiger partial charge is 0.349 e. The van der Waals surface area contributed by atoms with Gasteiger partial charge in [-0.2, -0.15) is 5.10 Å². The molecule has 31 heavy (non-hydrogen) atoms. The van der Waals surface area contributed by atoms with Crippen LogP contribution in [0.4, 0.5) is 14.6 Å². The molecule has 0 saturated carbocycles. The Labute approximate surface area is 183 Å². The highest BCUT2D eigenvalue weighted by molar-refractivity contribution is 5.99. The number of fused-ring (bicyclic) bond motifs is 1. The van der Waals surface area contributed by atoms with Gasteiger partial charge < -0.3 is 9.74 Å². The van der Waals surface area contributed by atoms with Gasteiger partial charge in [0.2, 0.25) is 0 Å². The van der Waals surface area contributed by atoms with Gasteiger partial charge in [0.25, 0.3) is 5.91 Å². The lowest BCUT2D eigenvalue weighted by Crippen LogP contribution is -2.25. The molecule has 3 heterocycles. The minimum absolute atomic E-state index is 0. The summed E-state index contributed by atoms with van der Waals surface area (Å²) in [5.41, 5.74) is 3.16. The van der Waals surface area contributed by atoms with Crippen LogP contribution in [0.3, 0.4) is 0 Å². The Hall–Kier alpha value is -2.86. The lowest BCUT2D eigenvalue weighted by Gasteiger charge is -2.26. The first-order valence-corrected chi connectivity index (χ1v) is 9.12. The van der Waals surface area contributed by atoms with Crippen LogP contribution in [-0.2, 0) is 9.68 Å². The molecular formula is C19H23ClF2N6O3. The van der Waals surface area contributed by atoms with Gasteiger partial charge in [-0.3, -0.25) is 9.63 Å². The van der Waals surface area contributed by atoms with Crippen LogP contribution in [0.25, 0.3) is 5.65 Å². The van der Waals surface area contributed by atoms with Crippen LogP contribution in [0.15, 0.2) is 36.7 Å². The Kier molecular flexibility index (Phi) is 8.63. The van der Waals surface area contributed by atoms with Crippen molar-refractivity contribution >= 4 is 29.8 Å². The van der Waals surface area contributed by atoms with E-state index in [0.29, 0.717) is 30.0 Å². The van der Waals surface area contributed by atoms with Crippen LogP contribution < -0.4 is 16.3 Å². The van der Waals surface area contributed by atoms with Crippen molar-refractivity contribution in [3.63, 3.8) is 0 Å². The molecule has 1 atom stereocenters. The molecule has 4 rings (SSSR count). The van der Waals surface area contributed by atoms with E-state index in [1.165, 1.54) is 31.0 Å². The van der Waals surface area contributed by atoms with Crippen LogP contribution in [0.2, 0.25) is 0 Å². The minimum atomic E-state index is -0.476. The standard InChI is InChI=1S/C18H17F2N5O2.CH5NO.ClH/c1-27-23-18(26)13-10-21-25-8-6-16(22-17(13)25)24-7-2-3-15(24)12-9-11(19)4-5-14(12)20;1-3-2;/h4-6,8-10,15H,2-3,7H2,1H3,(H,23,26);2H2,1H3;1H/t15-;;/m1../s1. The van der Waals surface area contributed by atoms with Gasteiger partial charge >= 0.3 is 0 Å². The second-order valence-corrected chi connectivity index (χ2v) is 6.50. The predicted octanol–water partition coefficient (Wildman–Crippen LogP) is 2.57. The number of benzene rings is 1. The van der Waals surface area contributed by atoms with E-state index in [0.717, 1.165) is 18.6 Å². The van der Waals surface area contributed by atoms with E-state index in [1.54, 1.807) is 12.3 Å². The molecule has 1 aliphatic heterocycles. The van der Waals surface area contributed by atoms with Crippen LogP contribution in [0.1, 0.15) is 34.8 Å². The summed E-state index contributed by atoms with van der Waals surface area (Å²) >= 11 is 0. The number of rotatable bonds is 4. The fourth-order valence-corrected chi connectivity index (χ4v) is 3.46. The Morgan fingerprint density at radius 1 is 1.29 bits per heavy atom. The molecule has 1 aliphatic rings. The maximum absolute atomic E-state index is 14.3. The van der Waals surface area contributed by atoms with Gasteiger partial charge in [0.05, 0.1) is 26.5 Å². The quantitative estimate of drug-likeness (QED) is 0.581. The van der Waals surface area contributed by atoms with E-state index < -0.39 is 17.5 Å². The van der Waals surface area contributed by atoms with Crippen LogP contribution in [0.5, 0.6) is 0 Å². The molecule has 0 unspecified atom stereocenters. The number of carbonyl (C=O) groups is 1. The summed E-state index contributed by atoms with van der Waals surface area (Å²) < 4.78 is 29.4. The number of aromatic nitrogens is 3. The van der Waals surface area contributed by atoms with Crippen LogP contribution >= 0.6 is 12.4 Å². The molecule has 0 aliphatic carbocycles. The number of carbonyl (C=O) groups excluding carboxylic acids is 1. The molecule has 1 saturated heterocycles. The van der Waals surface area contributed by atoms with Gasteiger partial charge in [-0.1, -0.05) is 0 Å². The van der Waals surface area contributed by atoms with Crippen molar-refractivity contribution < 1.29 is 23.3 Å². The number of hydrogen-bond acceptors (Lipinski definition) is 7. The average molecular weight is 457 g/mol. The predicted molar refractivity (Wildman–Crippen MR) is 112 cm³/mol. The molecule has 1 aromatic carbocycles. The van der Waals surface area contributed by atoms with Crippen LogP contribution in [0, 0.1) is 11.6 Å². The molecule has 1 fully saturated rings. The first kappa shape index (κ1) is 24.4. The highest BCUT2D eigenvalue weighted by Gasteiger charge is 2.30. The van der Waals surface area contributed by atoms with Crippen LogP contribution in [-0.4, -0.2) is 41.3 Å². The number of nitrogens with zero attached hydrogens (tertiary/aromatic N) is 4. The zero-order chi connectivity index (χ0) is 21.7. The fourth-order valence-electron chi connectivity index (χ4n) is 3.46. The third kappa shape index (κ3) is 5.25. The van der Waals surface area contributed by atoms with E-state index in [-0.39, 0.29) is 24.0 Å². The van der Waals surface area contributed by atoms with Crippen molar-refractivity contribution in [2.75, 3.05) is 25.7 Å². The number of amides is 1. The third-order valence-electron chi connectivity index (χ3n) is 4.66. The highest BCUT2D eigenvalue weighted by Crippen LogP contribution is 2.36. The smallest absolute Gasteiger partial charge is 0.280 e. The number of hydrogen-bond donors (Lipinski definition) is 2. The van der Waals surface area contributed by atoms with Gasteiger partial charge in [0, 0.05) is 18.3 Å². The molecular weight excluding hydrogens is 434 g/mol. The van der Waals surface area contributed by atoms with Crippen molar-refractivity contribution in [1.29, 1.82) is 0 Å². The summed E-state index contributed by atoms with van der Waals surface area (Å²) in [7, 11) is 2.74. The number of nitrogens with one attached hydrogen (secondary N) is 1. The molecule has 0 radical (unpaired) electrons. The normalized spacial score (nSPS) is 15.3. The second kappa shape index (κ2) is 11.0. The average Bonchev–Trinajstić information content (AvgIpc) is 3.37. The number of anilines is 1. The Morgan fingerprint density at radius 2 is 2.03 bits per heavy atom. The molecule has 3 aromatic rings. The van der Waals surface area contributed by atoms with Crippen molar-refractivity contribution in [3.8, 4) is 0 Å². The lowest BCUT2D eigenvalue weighted by molar-refractivity contribution is 0.0539. The van der Waals surface area contributed by atoms with Crippen molar-refractivity contribution in [2.45, 2.75) is 18.9 Å². The zero-order valence-corrected chi connectivity index (χ0v) is 17.7. The monoisotopic (exact) mass is 456 g/mol. The maximum Gasteiger partial charge on any atom is 0.280 e. The van der Waals surface area contributed by atoms with Crippen molar-refractivity contribution in [1.82, 2.24) is 20.1 Å². The summed E-state index contributed by atoms with van der Waals surface area (Å²) in [5.74, 6) is 3.53. The van der Waals surface area contributed by atoms with Crippen molar-refractivity contribution in [2.24, 2.45) is 5.90 Å². The summed E-state index contributed by atoms with van der Waals surface area (Å²) in [6, 6.07) is 4.90. The molecule has 3 N–H and O–H groups in total. The molecule has 168 valence electrons. The van der Waals surface area contributed by atoms with E-state index in [9.17, 15) is 13.6 Å². The van der Waals surface area contributed by atoms with Gasteiger partial charge in [0.15, 0.2) is 5.65 Å². The maximum atomic E-state index is 14.3. The van der Waals surface area contributed by atoms with Gasteiger partial charge in [-0.05, 0) is 37.1 Å². The molecule has 0 bridgehead atoms. The summed E-state index contributed by atoms with van der Waals surface area (Å²) in [6.45, 7) is 0.650. The third-order valence-corrected chi connectivity index (χ3v) is 4.66. The first-order valence-electron chi connectivity index (χ1n) is 9.12. The van der Waals surface area contributed by atoms with Gasteiger partial charge in [-0.25, -0.2) is 29.7 Å². The summed E-state index contributed by atoms with van der Waals surface area (Å²) in [6.07, 6.45) is 4.58. The van der Waals surface area contributed by atoms with Gasteiger partial charge in [-0.15, -0.1) is 12.4 Å². The summed E-state index contributed by atoms with van der Waals surface area (Å²) in [4.78, 5) is 27.0. The van der Waals surface area contributed by atoms with E-state index in [4.69, 9.17) is 0 Å². The minimum Gasteiger partial charge on any atom is -0.349 e. The molecule has 1 amide bonds. The van der Waals surface area contributed by atoms with Crippen molar-refractivity contribution in [3.05, 3.63) is 59.4 Å². The fraction of sp³-hybridized carbons (Fsp3) is 0.316. The number of hydroxylamine groups is 1. The van der Waals surface area contributed by atoms with E-state index in [1.807, 2.05) is 4.90 Å². The molecule has 0 spiro atoms. The second-order valence-electron chi connectivity index (χ2n) is 6.50. The topological polar surface area (TPSA) is 107 Å². The first-order chi connectivity index (χ1) is 14.5. The molecule has 9 nitrogen and oxygen atoms in total. The Balaban J connectivity index is 0.000000808. The van der Waals surface area contributed by atoms with E-state index >= 15 is 0 Å². The summed E-state index contributed by atoms with van der Waals surface area (Å²) in [5, 5.41) is 4.10. The SMILES string of the molecule is CON.CONC(=O)c1cnn2ccc(N3CCC[C@@H]3c3cc(F)ccc3F)nc12.Cl.